The van der Waals surface area contributed by atoms with Crippen LogP contribution in [0, 0.1) is 6.92 Å². The number of aromatic nitrogens is 3. The van der Waals surface area contributed by atoms with E-state index in [4.69, 9.17) is 4.42 Å². The molecular weight excluding hydrogens is 350 g/mol. The Balaban J connectivity index is 1.24. The van der Waals surface area contributed by atoms with Crippen LogP contribution in [0.25, 0.3) is 11.1 Å². The zero-order chi connectivity index (χ0) is 17.9. The van der Waals surface area contributed by atoms with Gasteiger partial charge in [-0.05, 0) is 31.9 Å². The quantitative estimate of drug-likeness (QED) is 0.671. The van der Waals surface area contributed by atoms with Gasteiger partial charge in [0, 0.05) is 30.9 Å². The Morgan fingerprint density at radius 1 is 1.38 bits per heavy atom. The minimum atomic E-state index is 0.0197. The maximum Gasteiger partial charge on any atom is 0.257 e. The van der Waals surface area contributed by atoms with Crippen molar-refractivity contribution >= 4 is 34.6 Å². The Bertz CT molecular complexity index is 865. The topological polar surface area (TPSA) is 87.1 Å². The van der Waals surface area contributed by atoms with Crippen molar-refractivity contribution in [1.82, 2.24) is 20.5 Å². The number of para-hydroxylation sites is 2. The maximum atomic E-state index is 12.2. The van der Waals surface area contributed by atoms with Gasteiger partial charge in [0.1, 0.15) is 5.52 Å². The number of hydrogen-bond donors (Lipinski definition) is 2. The third-order valence-corrected chi connectivity index (χ3v) is 5.31. The fourth-order valence-electron chi connectivity index (χ4n) is 3.13. The predicted octanol–water partition coefficient (Wildman–Crippen LogP) is 2.74. The number of nitrogens with zero attached hydrogens (tertiary/aromatic N) is 3. The Kier molecular flexibility index (Phi) is 4.83. The molecule has 3 heterocycles. The molecule has 1 saturated heterocycles. The molecule has 1 amide bonds. The molecule has 4 rings (SSSR count). The number of nitrogens with one attached hydrogen (secondary N) is 2. The summed E-state index contributed by atoms with van der Waals surface area (Å²) in [5, 5.41) is 10.9. The Morgan fingerprint density at radius 3 is 2.92 bits per heavy atom. The predicted molar refractivity (Wildman–Crippen MR) is 101 cm³/mol. The van der Waals surface area contributed by atoms with E-state index in [2.05, 4.69) is 31.5 Å². The van der Waals surface area contributed by atoms with Gasteiger partial charge >= 0.3 is 0 Å². The molecule has 0 bridgehead atoms. The molecule has 136 valence electrons. The summed E-state index contributed by atoms with van der Waals surface area (Å²) < 4.78 is 5.63. The lowest BCUT2D eigenvalue weighted by molar-refractivity contribution is -0.119. The lowest BCUT2D eigenvalue weighted by atomic mass is 10.1. The van der Waals surface area contributed by atoms with Crippen molar-refractivity contribution in [2.45, 2.75) is 31.0 Å². The van der Waals surface area contributed by atoms with E-state index in [-0.39, 0.29) is 11.9 Å². The van der Waals surface area contributed by atoms with E-state index in [9.17, 15) is 4.79 Å². The minimum Gasteiger partial charge on any atom is -0.431 e. The molecule has 0 atom stereocenters. The van der Waals surface area contributed by atoms with Gasteiger partial charge in [-0.3, -0.25) is 9.89 Å². The van der Waals surface area contributed by atoms with E-state index < -0.39 is 0 Å². The molecule has 0 spiro atoms. The highest BCUT2D eigenvalue weighted by Gasteiger charge is 2.22. The van der Waals surface area contributed by atoms with Gasteiger partial charge in [0.2, 0.25) is 5.91 Å². The van der Waals surface area contributed by atoms with Gasteiger partial charge in [0.25, 0.3) is 5.22 Å². The fourth-order valence-corrected chi connectivity index (χ4v) is 3.78. The van der Waals surface area contributed by atoms with Crippen LogP contribution in [-0.4, -0.2) is 46.0 Å². The van der Waals surface area contributed by atoms with Crippen LogP contribution in [-0.2, 0) is 4.79 Å². The average Bonchev–Trinajstić information content (AvgIpc) is 3.26. The molecule has 0 radical (unpaired) electrons. The summed E-state index contributed by atoms with van der Waals surface area (Å²) in [5.41, 5.74) is 2.62. The van der Waals surface area contributed by atoms with Crippen LogP contribution in [0.3, 0.4) is 0 Å². The second kappa shape index (κ2) is 7.41. The van der Waals surface area contributed by atoms with Crippen LogP contribution in [0.1, 0.15) is 18.5 Å². The van der Waals surface area contributed by atoms with Gasteiger partial charge in [-0.25, -0.2) is 4.98 Å². The molecule has 7 nitrogen and oxygen atoms in total. The Morgan fingerprint density at radius 2 is 2.19 bits per heavy atom. The normalized spacial score (nSPS) is 15.5. The number of aromatic amines is 1. The van der Waals surface area contributed by atoms with Gasteiger partial charge in [0.05, 0.1) is 5.75 Å². The maximum absolute atomic E-state index is 12.2. The number of aryl methyl sites for hydroxylation is 1. The van der Waals surface area contributed by atoms with E-state index in [1.54, 1.807) is 0 Å². The molecule has 2 N–H and O–H groups in total. The average molecular weight is 371 g/mol. The molecule has 8 heteroatoms. The lowest BCUT2D eigenvalue weighted by Crippen LogP contribution is -2.45. The summed E-state index contributed by atoms with van der Waals surface area (Å²) in [6.45, 7) is 3.79. The standard InChI is InChI=1S/C18H21N5O2S/c1-12-10-16(22-21-12)23-8-6-13(7-9-23)19-17(24)11-26-18-20-14-4-2-3-5-15(14)25-18/h2-5,10,13H,6-9,11H2,1H3,(H,19,24)(H,21,22). The van der Waals surface area contributed by atoms with E-state index in [0.717, 1.165) is 48.5 Å². The molecule has 0 aliphatic carbocycles. The highest BCUT2D eigenvalue weighted by molar-refractivity contribution is 7.99. The zero-order valence-electron chi connectivity index (χ0n) is 14.6. The summed E-state index contributed by atoms with van der Waals surface area (Å²) in [7, 11) is 0. The van der Waals surface area contributed by atoms with Gasteiger partial charge in [-0.1, -0.05) is 23.9 Å². The highest BCUT2D eigenvalue weighted by Crippen LogP contribution is 2.23. The number of fused-ring (bicyclic) bond motifs is 1. The van der Waals surface area contributed by atoms with E-state index >= 15 is 0 Å². The first-order valence-electron chi connectivity index (χ1n) is 8.72. The molecule has 1 aromatic carbocycles. The number of rotatable bonds is 5. The number of hydrogen-bond acceptors (Lipinski definition) is 6. The van der Waals surface area contributed by atoms with Gasteiger partial charge in [0.15, 0.2) is 11.4 Å². The van der Waals surface area contributed by atoms with Crippen molar-refractivity contribution in [2.24, 2.45) is 0 Å². The summed E-state index contributed by atoms with van der Waals surface area (Å²) in [6, 6.07) is 9.87. The van der Waals surface area contributed by atoms with Crippen LogP contribution in [0.15, 0.2) is 40.0 Å². The molecule has 3 aromatic rings. The molecule has 0 unspecified atom stereocenters. The smallest absolute Gasteiger partial charge is 0.257 e. The molecule has 1 aliphatic heterocycles. The molecule has 1 fully saturated rings. The number of oxazole rings is 1. The van der Waals surface area contributed by atoms with Crippen LogP contribution in [0.5, 0.6) is 0 Å². The van der Waals surface area contributed by atoms with E-state index in [1.807, 2.05) is 31.2 Å². The third-order valence-electron chi connectivity index (χ3n) is 4.48. The molecule has 2 aromatic heterocycles. The Hall–Kier alpha value is -2.48. The lowest BCUT2D eigenvalue weighted by Gasteiger charge is -2.32. The highest BCUT2D eigenvalue weighted by atomic mass is 32.2. The number of anilines is 1. The summed E-state index contributed by atoms with van der Waals surface area (Å²) in [4.78, 5) is 18.8. The van der Waals surface area contributed by atoms with Crippen molar-refractivity contribution in [3.8, 4) is 0 Å². The minimum absolute atomic E-state index is 0.0197. The number of carbonyl (C=O) groups is 1. The van der Waals surface area contributed by atoms with Crippen LogP contribution in [0.4, 0.5) is 5.82 Å². The number of thioether (sulfide) groups is 1. The van der Waals surface area contributed by atoms with Gasteiger partial charge < -0.3 is 14.6 Å². The number of carbonyl (C=O) groups excluding carboxylic acids is 1. The van der Waals surface area contributed by atoms with Crippen molar-refractivity contribution in [3.05, 3.63) is 36.0 Å². The van der Waals surface area contributed by atoms with E-state index in [1.165, 1.54) is 11.8 Å². The van der Waals surface area contributed by atoms with Crippen molar-refractivity contribution in [1.29, 1.82) is 0 Å². The third kappa shape index (κ3) is 3.85. The first-order valence-corrected chi connectivity index (χ1v) is 9.70. The number of benzene rings is 1. The first-order chi connectivity index (χ1) is 12.7. The molecule has 1 aliphatic rings. The monoisotopic (exact) mass is 371 g/mol. The van der Waals surface area contributed by atoms with Crippen LogP contribution in [0.2, 0.25) is 0 Å². The van der Waals surface area contributed by atoms with Crippen LogP contribution >= 0.6 is 11.8 Å². The number of H-pyrrole nitrogens is 1. The van der Waals surface area contributed by atoms with Crippen LogP contribution < -0.4 is 10.2 Å². The number of amides is 1. The molecule has 0 saturated carbocycles. The summed E-state index contributed by atoms with van der Waals surface area (Å²) in [6.07, 6.45) is 1.84. The second-order valence-corrected chi connectivity index (χ2v) is 7.40. The van der Waals surface area contributed by atoms with Crippen molar-refractivity contribution in [2.75, 3.05) is 23.7 Å². The SMILES string of the molecule is Cc1cc(N2CCC(NC(=O)CSc3nc4ccccc4o3)CC2)n[nH]1. The van der Waals surface area contributed by atoms with Gasteiger partial charge in [-0.2, -0.15) is 5.10 Å². The van der Waals surface area contributed by atoms with Crippen molar-refractivity contribution < 1.29 is 9.21 Å². The second-order valence-electron chi connectivity index (χ2n) is 6.47. The first kappa shape index (κ1) is 17.0. The largest absolute Gasteiger partial charge is 0.431 e. The summed E-state index contributed by atoms with van der Waals surface area (Å²) in [5.74, 6) is 1.32. The Labute approximate surface area is 155 Å². The summed E-state index contributed by atoms with van der Waals surface area (Å²) >= 11 is 1.33. The molecule has 26 heavy (non-hydrogen) atoms. The zero-order valence-corrected chi connectivity index (χ0v) is 15.4. The van der Waals surface area contributed by atoms with Crippen molar-refractivity contribution in [3.63, 3.8) is 0 Å². The van der Waals surface area contributed by atoms with Gasteiger partial charge in [-0.15, -0.1) is 0 Å². The fraction of sp³-hybridized carbons (Fsp3) is 0.389. The van der Waals surface area contributed by atoms with E-state index in [0.29, 0.717) is 11.0 Å². The number of piperidine rings is 1. The molecular formula is C18H21N5O2S.